The number of aromatic hydroxyl groups is 6. The molecule has 0 aliphatic heterocycles. The SMILES string of the molecule is C=C[B]O.C=C[B]O.C=C[B]O.C=Cc1cn(-c2ccc(O)c(F)c2)c(=O)c2c(O)cc(O)cc12.O=c1c2c(O)cc(O)cc2c(Br)cn1-c1ccc(O)c(F)c1. The van der Waals surface area contributed by atoms with Crippen molar-refractivity contribution in [1.29, 1.82) is 0 Å². The molecule has 9 N–H and O–H groups in total. The third-order valence-corrected chi connectivity index (χ3v) is 7.74. The maximum Gasteiger partial charge on any atom is 0.317 e. The number of hydrogen-bond donors (Lipinski definition) is 9. The van der Waals surface area contributed by atoms with Gasteiger partial charge in [0.2, 0.25) is 0 Å². The normalized spacial score (nSPS) is 9.72. The Balaban J connectivity index is 0.000000308. The smallest absolute Gasteiger partial charge is 0.317 e. The van der Waals surface area contributed by atoms with Gasteiger partial charge in [0.25, 0.3) is 11.1 Å². The van der Waals surface area contributed by atoms with Crippen LogP contribution in [0.15, 0.2) is 131 Å². The number of nitrogens with zero attached hydrogens (tertiary/aromatic N) is 2. The highest BCUT2D eigenvalue weighted by atomic mass is 79.9. The molecule has 2 aromatic heterocycles. The second kappa shape index (κ2) is 22.1. The maximum absolute atomic E-state index is 13.6. The lowest BCUT2D eigenvalue weighted by molar-refractivity contribution is 0.432. The molecule has 0 unspecified atom stereocenters. The van der Waals surface area contributed by atoms with E-state index >= 15 is 0 Å². The summed E-state index contributed by atoms with van der Waals surface area (Å²) < 4.78 is 29.7. The number of aromatic nitrogens is 2. The molecule has 4 aromatic carbocycles. The van der Waals surface area contributed by atoms with Gasteiger partial charge in [-0.05, 0) is 57.9 Å². The third kappa shape index (κ3) is 12.0. The van der Waals surface area contributed by atoms with E-state index in [1.54, 1.807) is 0 Å². The third-order valence-electron chi connectivity index (χ3n) is 7.10. The molecular formula is C38H33B3BrF2N2O11. The Kier molecular flexibility index (Phi) is 18.1. The van der Waals surface area contributed by atoms with Crippen molar-refractivity contribution in [3.63, 3.8) is 0 Å². The summed E-state index contributed by atoms with van der Waals surface area (Å²) in [7, 11) is 2.67. The highest BCUT2D eigenvalue weighted by Crippen LogP contribution is 2.33. The Morgan fingerprint density at radius 2 is 0.930 bits per heavy atom. The van der Waals surface area contributed by atoms with Gasteiger partial charge in [-0.2, -0.15) is 0 Å². The van der Waals surface area contributed by atoms with Crippen LogP contribution >= 0.6 is 15.9 Å². The summed E-state index contributed by atoms with van der Waals surface area (Å²) in [5.74, 6) is -0.00990. The van der Waals surface area contributed by atoms with E-state index in [1.165, 1.54) is 60.7 Å². The van der Waals surface area contributed by atoms with Crippen molar-refractivity contribution in [2.24, 2.45) is 0 Å². The fraction of sp³-hybridized carbons (Fsp3) is 0. The molecule has 2 heterocycles. The number of rotatable bonds is 6. The quantitative estimate of drug-likeness (QED) is 0.100. The highest BCUT2D eigenvalue weighted by molar-refractivity contribution is 9.10. The molecular weight excluding hydrogens is 811 g/mol. The van der Waals surface area contributed by atoms with Crippen molar-refractivity contribution in [3.05, 3.63) is 160 Å². The summed E-state index contributed by atoms with van der Waals surface area (Å²) in [6.07, 6.45) is 4.27. The van der Waals surface area contributed by atoms with Gasteiger partial charge in [0.1, 0.15) is 23.0 Å². The first-order valence-electron chi connectivity index (χ1n) is 15.8. The monoisotopic (exact) mass is 843 g/mol. The molecule has 0 saturated heterocycles. The molecule has 0 spiro atoms. The van der Waals surface area contributed by atoms with Crippen LogP contribution in [0.3, 0.4) is 0 Å². The number of halogens is 3. The fourth-order valence-electron chi connectivity index (χ4n) is 4.68. The van der Waals surface area contributed by atoms with Crippen molar-refractivity contribution in [1.82, 2.24) is 9.13 Å². The van der Waals surface area contributed by atoms with Gasteiger partial charge < -0.3 is 45.7 Å². The maximum atomic E-state index is 13.6. The van der Waals surface area contributed by atoms with Crippen LogP contribution in [0.2, 0.25) is 0 Å². The number of hydrogen-bond acceptors (Lipinski definition) is 11. The molecule has 13 nitrogen and oxygen atoms in total. The van der Waals surface area contributed by atoms with E-state index in [4.69, 9.17) is 15.1 Å². The van der Waals surface area contributed by atoms with Crippen molar-refractivity contribution in [3.8, 4) is 45.9 Å². The molecule has 19 heteroatoms. The summed E-state index contributed by atoms with van der Waals surface area (Å²) in [4.78, 5) is 25.2. The molecule has 57 heavy (non-hydrogen) atoms. The van der Waals surface area contributed by atoms with E-state index in [-0.39, 0.29) is 45.1 Å². The molecule has 291 valence electrons. The van der Waals surface area contributed by atoms with E-state index in [0.717, 1.165) is 68.0 Å². The topological polar surface area (TPSA) is 226 Å². The number of phenols is 6. The van der Waals surface area contributed by atoms with Gasteiger partial charge in [0.05, 0.1) is 22.1 Å². The van der Waals surface area contributed by atoms with Crippen LogP contribution in [-0.2, 0) is 0 Å². The van der Waals surface area contributed by atoms with Crippen LogP contribution in [0.4, 0.5) is 8.78 Å². The lowest BCUT2D eigenvalue weighted by atomic mass is 10.1. The molecule has 0 bridgehead atoms. The van der Waals surface area contributed by atoms with Crippen LogP contribution in [-0.4, -0.2) is 77.3 Å². The molecule has 0 saturated carbocycles. The van der Waals surface area contributed by atoms with Crippen LogP contribution < -0.4 is 11.1 Å². The minimum absolute atomic E-state index is 0.0133. The summed E-state index contributed by atoms with van der Waals surface area (Å²) in [5, 5.41) is 81.0. The predicted octanol–water partition coefficient (Wildman–Crippen LogP) is 5.12. The standard InChI is InChI=1S/C17H12FNO4.C15H9BrFNO4.3C2H4BO/c1-2-9-8-19(10-3-4-14(21)13(18)5-10)17(23)16-12(9)6-11(20)7-15(16)22;16-10-6-18(7-1-2-12(20)11(17)3-7)15(22)14-9(10)4-8(19)5-13(14)21;3*1-2-3-4/h2-8,20-22H,1H2;1-6,19-21H;3*2,4H,1H2. The van der Waals surface area contributed by atoms with Crippen molar-refractivity contribution >= 4 is 66.0 Å². The first-order valence-corrected chi connectivity index (χ1v) is 16.6. The van der Waals surface area contributed by atoms with Gasteiger partial charge in [0.15, 0.2) is 23.1 Å². The zero-order valence-electron chi connectivity index (χ0n) is 29.7. The van der Waals surface area contributed by atoms with Crippen LogP contribution in [0.25, 0.3) is 39.0 Å². The predicted molar refractivity (Wildman–Crippen MR) is 221 cm³/mol. The largest absolute Gasteiger partial charge is 0.508 e. The van der Waals surface area contributed by atoms with Gasteiger partial charge in [-0.15, -0.1) is 19.7 Å². The first kappa shape index (κ1) is 46.6. The second-order valence-electron chi connectivity index (χ2n) is 10.8. The van der Waals surface area contributed by atoms with Crippen LogP contribution in [0.5, 0.6) is 34.5 Å². The highest BCUT2D eigenvalue weighted by Gasteiger charge is 2.16. The molecule has 0 atom stereocenters. The molecule has 0 fully saturated rings. The number of pyridine rings is 2. The van der Waals surface area contributed by atoms with Crippen LogP contribution in [0.1, 0.15) is 5.56 Å². The molecule has 0 amide bonds. The Labute approximate surface area is 334 Å². The van der Waals surface area contributed by atoms with Gasteiger partial charge in [0, 0.05) is 51.9 Å². The van der Waals surface area contributed by atoms with Crippen molar-refractivity contribution < 1.29 is 54.5 Å². The van der Waals surface area contributed by atoms with Crippen LogP contribution in [0, 0.1) is 11.6 Å². The van der Waals surface area contributed by atoms with E-state index in [0.29, 0.717) is 20.8 Å². The second-order valence-corrected chi connectivity index (χ2v) is 11.7. The molecule has 3 radical (unpaired) electrons. The number of phenolic OH excluding ortho intramolecular Hbond substituents is 6. The van der Waals surface area contributed by atoms with E-state index in [2.05, 4.69) is 42.2 Å². The number of benzene rings is 4. The Hall–Kier alpha value is -6.53. The Morgan fingerprint density at radius 1 is 0.561 bits per heavy atom. The minimum Gasteiger partial charge on any atom is -0.508 e. The Morgan fingerprint density at radius 3 is 1.30 bits per heavy atom. The average Bonchev–Trinajstić information content (AvgIpc) is 3.18. The average molecular weight is 844 g/mol. The van der Waals surface area contributed by atoms with Gasteiger partial charge in [-0.1, -0.05) is 30.6 Å². The molecule has 6 aromatic rings. The zero-order valence-corrected chi connectivity index (χ0v) is 31.3. The minimum atomic E-state index is -0.871. The van der Waals surface area contributed by atoms with E-state index in [9.17, 15) is 49.0 Å². The van der Waals surface area contributed by atoms with Gasteiger partial charge >= 0.3 is 22.4 Å². The summed E-state index contributed by atoms with van der Waals surface area (Å²) >= 11 is 3.26. The summed E-state index contributed by atoms with van der Waals surface area (Å²) in [5.41, 5.74) is -0.327. The van der Waals surface area contributed by atoms with Gasteiger partial charge in [-0.25, -0.2) is 8.78 Å². The molecule has 0 aliphatic carbocycles. The Bertz CT molecular complexity index is 2510. The lowest BCUT2D eigenvalue weighted by Crippen LogP contribution is -2.19. The fourth-order valence-corrected chi connectivity index (χ4v) is 5.19. The lowest BCUT2D eigenvalue weighted by Gasteiger charge is -2.12. The van der Waals surface area contributed by atoms with E-state index in [1.807, 2.05) is 0 Å². The van der Waals surface area contributed by atoms with Gasteiger partial charge in [-0.3, -0.25) is 18.7 Å². The molecule has 6 rings (SSSR count). The van der Waals surface area contributed by atoms with E-state index < -0.39 is 34.3 Å². The van der Waals surface area contributed by atoms with Crippen molar-refractivity contribution in [2.45, 2.75) is 0 Å². The molecule has 0 aliphatic rings. The number of fused-ring (bicyclic) bond motifs is 2. The summed E-state index contributed by atoms with van der Waals surface area (Å²) in [6.45, 7) is 13.2. The first-order chi connectivity index (χ1) is 27.0. The zero-order chi connectivity index (χ0) is 43.0. The van der Waals surface area contributed by atoms with Crippen molar-refractivity contribution in [2.75, 3.05) is 0 Å². The summed E-state index contributed by atoms with van der Waals surface area (Å²) in [6, 6.07) is 11.8.